The van der Waals surface area contributed by atoms with Crippen molar-refractivity contribution in [1.29, 1.82) is 0 Å². The Balaban J connectivity index is 1.64. The summed E-state index contributed by atoms with van der Waals surface area (Å²) in [6, 6.07) is 0. The number of halogens is 1. The molecule has 3 fully saturated rings. The molecule has 156 valence electrons. The first-order valence-electron chi connectivity index (χ1n) is 10.4. The fourth-order valence-electron chi connectivity index (χ4n) is 7.65. The van der Waals surface area contributed by atoms with Gasteiger partial charge in [0.1, 0.15) is 12.1 Å². The minimum atomic E-state index is -1.92. The molecular formula is C22H27FN2O4. The zero-order valence-electron chi connectivity index (χ0n) is 16.7. The third kappa shape index (κ3) is 1.92. The van der Waals surface area contributed by atoms with Crippen LogP contribution >= 0.6 is 0 Å². The minimum absolute atomic E-state index is 0.0912. The summed E-state index contributed by atoms with van der Waals surface area (Å²) in [5.41, 5.74) is -1.09. The number of aliphatic hydroxyl groups is 2. The van der Waals surface area contributed by atoms with Crippen LogP contribution in [0.15, 0.2) is 28.9 Å². The molecule has 0 aromatic rings. The van der Waals surface area contributed by atoms with E-state index in [2.05, 4.69) is 10.5 Å². The number of allylic oxidation sites excluding steroid dienone is 4. The van der Waals surface area contributed by atoms with E-state index in [1.807, 2.05) is 6.92 Å². The van der Waals surface area contributed by atoms with E-state index in [1.165, 1.54) is 12.2 Å². The van der Waals surface area contributed by atoms with Crippen LogP contribution in [-0.2, 0) is 9.59 Å². The van der Waals surface area contributed by atoms with Gasteiger partial charge in [-0.2, -0.15) is 5.10 Å². The highest BCUT2D eigenvalue weighted by Gasteiger charge is 2.77. The predicted octanol–water partition coefficient (Wildman–Crippen LogP) is 1.47. The molecule has 0 aromatic heterocycles. The Hall–Kier alpha value is -1.86. The third-order valence-corrected chi connectivity index (χ3v) is 9.07. The number of carbonyl (C=O) groups is 2. The standard InChI is InChI=1S/C22H27FN2O4/c1-19-6-5-14(27)7-12(19)3-4-15-16-8-13-10-24-25-22(13,18(29)11-26)20(16,2)9-17(28)21(15,19)23/h5-7,10,13,15-17,25-26,28H,3-4,8-9,11H2,1-2H3/t13-,15-,16-,17-,19-,20-,21-,22-/m0/s1. The minimum Gasteiger partial charge on any atom is -0.390 e. The average Bonchev–Trinajstić information content (AvgIpc) is 3.20. The molecule has 5 rings (SSSR count). The van der Waals surface area contributed by atoms with E-state index < -0.39 is 40.7 Å². The van der Waals surface area contributed by atoms with Gasteiger partial charge >= 0.3 is 0 Å². The number of fused-ring (bicyclic) bond motifs is 7. The second-order valence-corrected chi connectivity index (χ2v) is 9.89. The SMILES string of the molecule is C[C@]12C=CC(=O)C=C1CC[C@H]1[C@@H]3C[C@H]4C=NN[C@@]4(C(=O)CO)[C@@]3(C)C[C@H](O)[C@@]12F. The molecule has 3 saturated carbocycles. The number of Topliss-reactive ketones (excluding diaryl/α,β-unsaturated/α-hetero) is 1. The molecule has 0 amide bonds. The van der Waals surface area contributed by atoms with E-state index in [1.54, 1.807) is 19.2 Å². The highest BCUT2D eigenvalue weighted by molar-refractivity contribution is 6.01. The number of alkyl halides is 1. The summed E-state index contributed by atoms with van der Waals surface area (Å²) in [5.74, 6) is -1.34. The Bertz CT molecular complexity index is 899. The molecule has 0 spiro atoms. The summed E-state index contributed by atoms with van der Waals surface area (Å²) >= 11 is 0. The summed E-state index contributed by atoms with van der Waals surface area (Å²) in [6.45, 7) is 3.10. The zero-order chi connectivity index (χ0) is 20.8. The Kier molecular flexibility index (Phi) is 3.72. The molecule has 3 N–H and O–H groups in total. The van der Waals surface area contributed by atoms with Crippen molar-refractivity contribution in [2.45, 2.75) is 56.8 Å². The summed E-state index contributed by atoms with van der Waals surface area (Å²) in [4.78, 5) is 24.8. The van der Waals surface area contributed by atoms with Crippen molar-refractivity contribution in [2.24, 2.45) is 33.7 Å². The first-order chi connectivity index (χ1) is 13.6. The van der Waals surface area contributed by atoms with Gasteiger partial charge in [-0.05, 0) is 50.7 Å². The van der Waals surface area contributed by atoms with Crippen LogP contribution in [0.3, 0.4) is 0 Å². The lowest BCUT2D eigenvalue weighted by Gasteiger charge is -2.62. The first-order valence-corrected chi connectivity index (χ1v) is 10.4. The topological polar surface area (TPSA) is 99.0 Å². The Labute approximate surface area is 168 Å². The van der Waals surface area contributed by atoms with Crippen LogP contribution in [0, 0.1) is 28.6 Å². The summed E-state index contributed by atoms with van der Waals surface area (Å²) in [7, 11) is 0. The van der Waals surface area contributed by atoms with E-state index in [4.69, 9.17) is 0 Å². The average molecular weight is 402 g/mol. The second kappa shape index (κ2) is 5.64. The van der Waals surface area contributed by atoms with Crippen molar-refractivity contribution in [3.05, 3.63) is 23.8 Å². The number of aliphatic hydroxyl groups excluding tert-OH is 2. The monoisotopic (exact) mass is 402 g/mol. The zero-order valence-corrected chi connectivity index (χ0v) is 16.7. The summed E-state index contributed by atoms with van der Waals surface area (Å²) in [6.07, 6.45) is 6.75. The van der Waals surface area contributed by atoms with Gasteiger partial charge in [-0.3, -0.25) is 15.0 Å². The van der Waals surface area contributed by atoms with Crippen LogP contribution < -0.4 is 5.43 Å². The Morgan fingerprint density at radius 3 is 2.86 bits per heavy atom. The maximum Gasteiger partial charge on any atom is 0.186 e. The third-order valence-electron chi connectivity index (χ3n) is 9.07. The van der Waals surface area contributed by atoms with Crippen molar-refractivity contribution in [3.8, 4) is 0 Å². The lowest BCUT2D eigenvalue weighted by Crippen LogP contribution is -2.71. The molecule has 4 aliphatic carbocycles. The van der Waals surface area contributed by atoms with Crippen LogP contribution in [0.2, 0.25) is 0 Å². The van der Waals surface area contributed by atoms with Gasteiger partial charge in [0, 0.05) is 28.9 Å². The summed E-state index contributed by atoms with van der Waals surface area (Å²) in [5, 5.41) is 25.1. The second-order valence-electron chi connectivity index (χ2n) is 9.89. The van der Waals surface area contributed by atoms with Gasteiger partial charge in [0.2, 0.25) is 0 Å². The predicted molar refractivity (Wildman–Crippen MR) is 104 cm³/mol. The molecule has 5 aliphatic rings. The molecule has 1 aliphatic heterocycles. The number of nitrogens with zero attached hydrogens (tertiary/aromatic N) is 1. The molecule has 7 heteroatoms. The largest absolute Gasteiger partial charge is 0.390 e. The number of carbonyl (C=O) groups excluding carboxylic acids is 2. The van der Waals surface area contributed by atoms with Crippen LogP contribution in [0.1, 0.15) is 39.5 Å². The van der Waals surface area contributed by atoms with Crippen molar-refractivity contribution in [2.75, 3.05) is 6.61 Å². The number of hydrogen-bond acceptors (Lipinski definition) is 6. The van der Waals surface area contributed by atoms with Gasteiger partial charge < -0.3 is 10.2 Å². The number of ketones is 2. The van der Waals surface area contributed by atoms with Crippen molar-refractivity contribution < 1.29 is 24.2 Å². The lowest BCUT2D eigenvalue weighted by atomic mass is 9.44. The van der Waals surface area contributed by atoms with Gasteiger partial charge in [0.05, 0.1) is 6.10 Å². The van der Waals surface area contributed by atoms with Gasteiger partial charge in [-0.1, -0.05) is 18.6 Å². The number of hydrazone groups is 1. The molecule has 29 heavy (non-hydrogen) atoms. The van der Waals surface area contributed by atoms with Gasteiger partial charge in [0.15, 0.2) is 17.2 Å². The first kappa shape index (κ1) is 19.1. The van der Waals surface area contributed by atoms with Crippen molar-refractivity contribution in [1.82, 2.24) is 5.43 Å². The highest BCUT2D eigenvalue weighted by atomic mass is 19.1. The van der Waals surface area contributed by atoms with Crippen molar-refractivity contribution in [3.63, 3.8) is 0 Å². The molecule has 0 saturated heterocycles. The van der Waals surface area contributed by atoms with E-state index in [9.17, 15) is 19.8 Å². The Morgan fingerprint density at radius 2 is 2.14 bits per heavy atom. The molecule has 6 nitrogen and oxygen atoms in total. The number of hydrogen-bond donors (Lipinski definition) is 3. The Morgan fingerprint density at radius 1 is 1.38 bits per heavy atom. The molecule has 1 heterocycles. The van der Waals surface area contributed by atoms with E-state index in [0.29, 0.717) is 19.3 Å². The molecule has 0 bridgehead atoms. The maximum atomic E-state index is 17.0. The summed E-state index contributed by atoms with van der Waals surface area (Å²) < 4.78 is 17.0. The van der Waals surface area contributed by atoms with Crippen LogP contribution in [-0.4, -0.2) is 51.9 Å². The van der Waals surface area contributed by atoms with E-state index in [0.717, 1.165) is 5.57 Å². The maximum absolute atomic E-state index is 17.0. The highest BCUT2D eigenvalue weighted by Crippen LogP contribution is 2.70. The van der Waals surface area contributed by atoms with Gasteiger partial charge in [0.25, 0.3) is 0 Å². The normalized spacial score (nSPS) is 52.2. The number of rotatable bonds is 2. The van der Waals surface area contributed by atoms with E-state index in [-0.39, 0.29) is 29.8 Å². The fourth-order valence-corrected chi connectivity index (χ4v) is 7.65. The van der Waals surface area contributed by atoms with Gasteiger partial charge in [-0.15, -0.1) is 0 Å². The molecule has 0 radical (unpaired) electrons. The van der Waals surface area contributed by atoms with Crippen LogP contribution in [0.4, 0.5) is 4.39 Å². The fraction of sp³-hybridized carbons (Fsp3) is 0.682. The smallest absolute Gasteiger partial charge is 0.186 e. The quantitative estimate of drug-likeness (QED) is 0.650. The van der Waals surface area contributed by atoms with E-state index >= 15 is 4.39 Å². The molecular weight excluding hydrogens is 375 g/mol. The lowest BCUT2D eigenvalue weighted by molar-refractivity contribution is -0.200. The molecule has 0 unspecified atom stereocenters. The van der Waals surface area contributed by atoms with Crippen molar-refractivity contribution >= 4 is 17.8 Å². The molecule has 8 atom stereocenters. The van der Waals surface area contributed by atoms with Crippen LogP contribution in [0.25, 0.3) is 0 Å². The molecule has 0 aromatic carbocycles. The van der Waals surface area contributed by atoms with Crippen LogP contribution in [0.5, 0.6) is 0 Å². The number of nitrogens with one attached hydrogen (secondary N) is 1. The van der Waals surface area contributed by atoms with Gasteiger partial charge in [-0.25, -0.2) is 4.39 Å².